The predicted molar refractivity (Wildman–Crippen MR) is 105 cm³/mol. The molecule has 0 atom stereocenters. The highest BCUT2D eigenvalue weighted by atomic mass is 16.4. The van der Waals surface area contributed by atoms with Crippen molar-refractivity contribution in [1.29, 1.82) is 0 Å². The fourth-order valence-corrected chi connectivity index (χ4v) is 3.26. The van der Waals surface area contributed by atoms with Crippen LogP contribution < -0.4 is 16.7 Å². The smallest absolute Gasteiger partial charge is 0.350 e. The molecule has 2 aromatic heterocycles. The number of fused-ring (bicyclic) bond motifs is 3. The van der Waals surface area contributed by atoms with Gasteiger partial charge in [-0.1, -0.05) is 36.4 Å². The van der Waals surface area contributed by atoms with Crippen molar-refractivity contribution < 1.29 is 9.21 Å². The number of amides is 1. The highest BCUT2D eigenvalue weighted by Gasteiger charge is 2.33. The third kappa shape index (κ3) is 2.39. The van der Waals surface area contributed by atoms with Crippen molar-refractivity contribution in [2.75, 3.05) is 11.1 Å². The monoisotopic (exact) mass is 371 g/mol. The van der Waals surface area contributed by atoms with Crippen molar-refractivity contribution in [3.63, 3.8) is 0 Å². The van der Waals surface area contributed by atoms with Gasteiger partial charge in [-0.2, -0.15) is 9.67 Å². The minimum absolute atomic E-state index is 0.103. The summed E-state index contributed by atoms with van der Waals surface area (Å²) in [7, 11) is 0. The molecule has 0 saturated carbocycles. The van der Waals surface area contributed by atoms with E-state index in [0.717, 1.165) is 5.69 Å². The second kappa shape index (κ2) is 5.92. The maximum atomic E-state index is 12.4. The number of nitrogens with two attached hydrogens (primary N) is 1. The molecule has 2 aromatic carbocycles. The minimum Gasteiger partial charge on any atom is -0.422 e. The Bertz CT molecular complexity index is 1340. The van der Waals surface area contributed by atoms with Crippen LogP contribution in [0.2, 0.25) is 0 Å². The lowest BCUT2D eigenvalue weighted by atomic mass is 10.1. The maximum Gasteiger partial charge on any atom is 0.350 e. The standard InChI is InChI=1S/C20H13N5O3/c21-14-10-15(22-11-6-2-1-3-7-11)25(24-14)18-16-12-8-4-5-9-13(12)28-20(27)17(16)19(26)23-18/h1-10,22H,(H2,21,24). The molecule has 8 heteroatoms. The number of aromatic nitrogens is 2. The molecular weight excluding hydrogens is 358 g/mol. The number of carbonyl (C=O) groups excluding carboxylic acids is 1. The largest absolute Gasteiger partial charge is 0.422 e. The Morgan fingerprint density at radius 3 is 2.54 bits per heavy atom. The first-order valence-corrected chi connectivity index (χ1v) is 8.49. The van der Waals surface area contributed by atoms with Gasteiger partial charge in [0.25, 0.3) is 5.91 Å². The van der Waals surface area contributed by atoms with Crippen LogP contribution in [0.5, 0.6) is 0 Å². The molecule has 8 nitrogen and oxygen atoms in total. The number of nitrogens with one attached hydrogen (secondary N) is 1. The molecule has 0 aliphatic carbocycles. The normalized spacial score (nSPS) is 12.9. The van der Waals surface area contributed by atoms with E-state index in [1.54, 1.807) is 30.3 Å². The topological polar surface area (TPSA) is 116 Å². The molecule has 5 rings (SSSR count). The third-order valence-electron chi connectivity index (χ3n) is 4.43. The van der Waals surface area contributed by atoms with Crippen LogP contribution >= 0.6 is 0 Å². The number of anilines is 3. The van der Waals surface area contributed by atoms with E-state index in [2.05, 4.69) is 15.4 Å². The molecule has 0 saturated heterocycles. The highest BCUT2D eigenvalue weighted by Crippen LogP contribution is 2.28. The quantitative estimate of drug-likeness (QED) is 0.524. The van der Waals surface area contributed by atoms with Gasteiger partial charge in [-0.15, -0.1) is 5.10 Å². The van der Waals surface area contributed by atoms with Crippen molar-refractivity contribution in [2.24, 2.45) is 4.99 Å². The summed E-state index contributed by atoms with van der Waals surface area (Å²) in [5.74, 6) is 0.318. The van der Waals surface area contributed by atoms with E-state index >= 15 is 0 Å². The number of nitrogens with zero attached hydrogens (tertiary/aromatic N) is 3. The summed E-state index contributed by atoms with van der Waals surface area (Å²) in [6.07, 6.45) is 0. The summed E-state index contributed by atoms with van der Waals surface area (Å²) >= 11 is 0. The van der Waals surface area contributed by atoms with Crippen molar-refractivity contribution in [2.45, 2.75) is 0 Å². The summed E-state index contributed by atoms with van der Waals surface area (Å²) in [6, 6.07) is 18.0. The average molecular weight is 371 g/mol. The molecule has 0 unspecified atom stereocenters. The van der Waals surface area contributed by atoms with E-state index in [1.165, 1.54) is 4.68 Å². The van der Waals surface area contributed by atoms with Crippen LogP contribution in [0.25, 0.3) is 11.0 Å². The molecule has 3 heterocycles. The van der Waals surface area contributed by atoms with Crippen LogP contribution in [0.1, 0.15) is 15.9 Å². The number of benzene rings is 2. The molecule has 0 spiro atoms. The number of aliphatic imine (C=N–C) groups is 1. The Balaban J connectivity index is 1.73. The van der Waals surface area contributed by atoms with E-state index in [-0.39, 0.29) is 17.2 Å². The first-order valence-electron chi connectivity index (χ1n) is 8.49. The summed E-state index contributed by atoms with van der Waals surface area (Å²) in [6.45, 7) is 0. The summed E-state index contributed by atoms with van der Waals surface area (Å²) in [5.41, 5.74) is 6.64. The van der Waals surface area contributed by atoms with Crippen molar-refractivity contribution >= 4 is 40.0 Å². The van der Waals surface area contributed by atoms with Gasteiger partial charge in [-0.25, -0.2) is 4.79 Å². The first kappa shape index (κ1) is 16.0. The lowest BCUT2D eigenvalue weighted by Gasteiger charge is -2.11. The average Bonchev–Trinajstić information content (AvgIpc) is 3.23. The lowest BCUT2D eigenvalue weighted by molar-refractivity contribution is 0.100. The molecule has 1 aliphatic rings. The van der Waals surface area contributed by atoms with Crippen molar-refractivity contribution in [3.05, 3.63) is 82.2 Å². The zero-order valence-electron chi connectivity index (χ0n) is 14.4. The Kier molecular flexibility index (Phi) is 3.38. The number of hydrogen-bond donors (Lipinski definition) is 2. The fourth-order valence-electron chi connectivity index (χ4n) is 3.26. The van der Waals surface area contributed by atoms with Gasteiger partial charge in [0.2, 0.25) is 0 Å². The molecule has 4 aromatic rings. The molecule has 1 aliphatic heterocycles. The molecular formula is C20H13N5O3. The van der Waals surface area contributed by atoms with E-state index < -0.39 is 11.5 Å². The van der Waals surface area contributed by atoms with Gasteiger partial charge >= 0.3 is 5.63 Å². The van der Waals surface area contributed by atoms with Gasteiger partial charge in [0.05, 0.1) is 5.56 Å². The summed E-state index contributed by atoms with van der Waals surface area (Å²) in [4.78, 5) is 28.9. The minimum atomic E-state index is -0.727. The molecule has 0 fully saturated rings. The molecule has 28 heavy (non-hydrogen) atoms. The second-order valence-corrected chi connectivity index (χ2v) is 6.23. The summed E-state index contributed by atoms with van der Waals surface area (Å²) in [5, 5.41) is 8.08. The van der Waals surface area contributed by atoms with Crippen molar-refractivity contribution in [1.82, 2.24) is 9.78 Å². The number of hydrogen-bond acceptors (Lipinski definition) is 6. The molecule has 0 radical (unpaired) electrons. The molecule has 136 valence electrons. The van der Waals surface area contributed by atoms with E-state index in [4.69, 9.17) is 10.2 Å². The van der Waals surface area contributed by atoms with Crippen LogP contribution in [0.15, 0.2) is 74.9 Å². The highest BCUT2D eigenvalue weighted by molar-refractivity contribution is 6.26. The SMILES string of the molecule is Nc1cc(Nc2ccccc2)n(C2=NC(=O)c3c2c2ccccc2oc3=O)n1. The van der Waals surface area contributed by atoms with Gasteiger partial charge in [-0.05, 0) is 18.2 Å². The Morgan fingerprint density at radius 2 is 1.71 bits per heavy atom. The summed E-state index contributed by atoms with van der Waals surface area (Å²) < 4.78 is 6.70. The fraction of sp³-hybridized carbons (Fsp3) is 0. The van der Waals surface area contributed by atoms with E-state index in [9.17, 15) is 9.59 Å². The number of carbonyl (C=O) groups is 1. The Morgan fingerprint density at radius 1 is 0.964 bits per heavy atom. The predicted octanol–water partition coefficient (Wildman–Crippen LogP) is 2.76. The number of rotatable bonds is 2. The Labute approximate surface area is 157 Å². The van der Waals surface area contributed by atoms with Gasteiger partial charge < -0.3 is 15.5 Å². The van der Waals surface area contributed by atoms with Gasteiger partial charge in [-0.3, -0.25) is 4.79 Å². The first-order chi connectivity index (χ1) is 13.6. The maximum absolute atomic E-state index is 12.4. The van der Waals surface area contributed by atoms with Crippen LogP contribution in [0.4, 0.5) is 17.3 Å². The zero-order chi connectivity index (χ0) is 19.3. The Hall–Kier alpha value is -4.20. The van der Waals surface area contributed by atoms with Gasteiger partial charge in [0.15, 0.2) is 5.84 Å². The third-order valence-corrected chi connectivity index (χ3v) is 4.43. The van der Waals surface area contributed by atoms with Crippen LogP contribution in [0, 0.1) is 0 Å². The van der Waals surface area contributed by atoms with Gasteiger partial charge in [0, 0.05) is 17.1 Å². The van der Waals surface area contributed by atoms with E-state index in [1.807, 2.05) is 30.3 Å². The molecule has 0 bridgehead atoms. The van der Waals surface area contributed by atoms with E-state index in [0.29, 0.717) is 22.4 Å². The molecule has 1 amide bonds. The second-order valence-electron chi connectivity index (χ2n) is 6.23. The number of para-hydroxylation sites is 2. The van der Waals surface area contributed by atoms with Crippen molar-refractivity contribution in [3.8, 4) is 0 Å². The van der Waals surface area contributed by atoms with Crippen LogP contribution in [-0.2, 0) is 0 Å². The van der Waals surface area contributed by atoms with Crippen LogP contribution in [0.3, 0.4) is 0 Å². The van der Waals surface area contributed by atoms with Gasteiger partial charge in [0.1, 0.15) is 22.8 Å². The lowest BCUT2D eigenvalue weighted by Crippen LogP contribution is -2.19. The zero-order valence-corrected chi connectivity index (χ0v) is 14.4. The molecule has 3 N–H and O–H groups in total. The van der Waals surface area contributed by atoms with Crippen LogP contribution in [-0.4, -0.2) is 21.5 Å². The number of nitrogen functional groups attached to an aromatic ring is 1.